The summed E-state index contributed by atoms with van der Waals surface area (Å²) in [6.07, 6.45) is 0.0675. The second-order valence-corrected chi connectivity index (χ2v) is 11.8. The van der Waals surface area contributed by atoms with E-state index in [1.165, 1.54) is 10.8 Å². The molecule has 0 aliphatic carbocycles. The number of nitrogens with one attached hydrogen (secondary N) is 3. The Balaban J connectivity index is 2.28. The van der Waals surface area contributed by atoms with E-state index in [1.807, 2.05) is 0 Å². The third-order valence-electron chi connectivity index (χ3n) is 5.96. The van der Waals surface area contributed by atoms with Crippen LogP contribution in [-0.2, 0) is 28.7 Å². The van der Waals surface area contributed by atoms with E-state index in [0.717, 1.165) is 10.8 Å². The highest BCUT2D eigenvalue weighted by Gasteiger charge is 2.43. The molecule has 2 fully saturated rings. The monoisotopic (exact) mass is 576 g/mol. The maximum Gasteiger partial charge on any atom is 0.327 e. The van der Waals surface area contributed by atoms with E-state index < -0.39 is 59.1 Å². The van der Waals surface area contributed by atoms with Gasteiger partial charge in [-0.1, -0.05) is 21.6 Å². The molecule has 0 aromatic carbocycles. The van der Waals surface area contributed by atoms with Crippen molar-refractivity contribution in [1.82, 2.24) is 16.0 Å². The van der Waals surface area contributed by atoms with Gasteiger partial charge in [-0.3, -0.25) is 29.5 Å². The summed E-state index contributed by atoms with van der Waals surface area (Å²) in [6, 6.07) is -2.98. The number of carbonyl (C=O) groups is 5. The molecule has 0 aromatic rings. The number of nitrogens with two attached hydrogens (primary N) is 4. The summed E-state index contributed by atoms with van der Waals surface area (Å²) < 4.78 is 5.35. The second-order valence-electron chi connectivity index (χ2n) is 9.25. The van der Waals surface area contributed by atoms with E-state index in [-0.39, 0.29) is 63.0 Å². The van der Waals surface area contributed by atoms with Gasteiger partial charge in [-0.05, 0) is 12.8 Å². The Morgan fingerprint density at radius 2 is 1.79 bits per heavy atom. The Morgan fingerprint density at radius 1 is 1.11 bits per heavy atom. The second kappa shape index (κ2) is 15.1. The predicted octanol–water partition coefficient (Wildman–Crippen LogP) is -3.37. The molecule has 3 amide bonds. The number of carboxylic acid groups (broad SMARTS) is 1. The zero-order valence-electron chi connectivity index (χ0n) is 20.9. The van der Waals surface area contributed by atoms with E-state index in [9.17, 15) is 29.1 Å². The zero-order valence-corrected chi connectivity index (χ0v) is 22.5. The molecule has 38 heavy (non-hydrogen) atoms. The number of carbonyl (C=O) groups excluding carboxylic acids is 4. The maximum absolute atomic E-state index is 13.2. The summed E-state index contributed by atoms with van der Waals surface area (Å²) in [5.41, 5.74) is 21.1. The fraction of sp³-hybridized carbons (Fsp3) is 0.714. The summed E-state index contributed by atoms with van der Waals surface area (Å²) in [4.78, 5) is 66.0. The highest BCUT2D eigenvalue weighted by molar-refractivity contribution is 8.76. The third-order valence-corrected chi connectivity index (χ3v) is 8.41. The average molecular weight is 577 g/mol. The Kier molecular flexibility index (Phi) is 12.6. The molecule has 2 saturated heterocycles. The molecular weight excluding hydrogens is 540 g/mol. The number of amides is 3. The van der Waals surface area contributed by atoms with E-state index in [1.54, 1.807) is 0 Å². The normalized spacial score (nSPS) is 27.3. The number of Topliss-reactive ketones (excluding diaryl/α,β-unsaturated/α-hetero) is 1. The summed E-state index contributed by atoms with van der Waals surface area (Å²) in [6.45, 7) is 0.591. The lowest BCUT2D eigenvalue weighted by Gasteiger charge is -2.44. The number of ketones is 1. The van der Waals surface area contributed by atoms with Crippen molar-refractivity contribution in [3.63, 3.8) is 0 Å². The van der Waals surface area contributed by atoms with Gasteiger partial charge < -0.3 is 43.4 Å². The Hall–Kier alpha value is -2.60. The molecule has 0 aromatic heterocycles. The molecule has 4 atom stereocenters. The van der Waals surface area contributed by atoms with Crippen LogP contribution in [0.25, 0.3) is 0 Å². The lowest BCUT2D eigenvalue weighted by molar-refractivity contribution is -0.142. The van der Waals surface area contributed by atoms with Gasteiger partial charge in [-0.15, -0.1) is 0 Å². The number of aliphatic carboxylic acids is 1. The van der Waals surface area contributed by atoms with Crippen molar-refractivity contribution in [1.29, 1.82) is 0 Å². The van der Waals surface area contributed by atoms with Gasteiger partial charge in [0.15, 0.2) is 11.7 Å². The van der Waals surface area contributed by atoms with Gasteiger partial charge in [0.25, 0.3) is 0 Å². The molecular formula is C21H36N8O7S2. The molecule has 0 bridgehead atoms. The largest absolute Gasteiger partial charge is 0.480 e. The minimum absolute atomic E-state index is 0.0198. The van der Waals surface area contributed by atoms with Crippen molar-refractivity contribution in [3.05, 3.63) is 0 Å². The first-order valence-electron chi connectivity index (χ1n) is 11.9. The molecule has 214 valence electrons. The van der Waals surface area contributed by atoms with Crippen LogP contribution >= 0.6 is 21.6 Å². The molecule has 2 aliphatic rings. The van der Waals surface area contributed by atoms with Crippen LogP contribution in [-0.4, -0.2) is 102 Å². The first kappa shape index (κ1) is 31.6. The fourth-order valence-electron chi connectivity index (χ4n) is 3.80. The molecule has 12 N–H and O–H groups in total. The molecule has 15 nitrogen and oxygen atoms in total. The van der Waals surface area contributed by atoms with Crippen molar-refractivity contribution >= 4 is 57.0 Å². The minimum atomic E-state index is -1.22. The van der Waals surface area contributed by atoms with Crippen molar-refractivity contribution in [2.45, 2.75) is 49.3 Å². The fourth-order valence-corrected chi connectivity index (χ4v) is 6.11. The van der Waals surface area contributed by atoms with Crippen LogP contribution in [0.15, 0.2) is 4.99 Å². The van der Waals surface area contributed by atoms with Crippen LogP contribution in [0.5, 0.6) is 0 Å². The van der Waals surface area contributed by atoms with Crippen LogP contribution in [0.4, 0.5) is 0 Å². The molecule has 1 spiro atoms. The van der Waals surface area contributed by atoms with Gasteiger partial charge in [0.2, 0.25) is 17.7 Å². The maximum atomic E-state index is 13.2. The highest BCUT2D eigenvalue weighted by Crippen LogP contribution is 2.24. The first-order chi connectivity index (χ1) is 17.9. The number of nitrogens with zero attached hydrogens (tertiary/aromatic N) is 1. The Labute approximate surface area is 227 Å². The van der Waals surface area contributed by atoms with Crippen molar-refractivity contribution < 1.29 is 33.8 Å². The number of carboxylic acids is 1. The summed E-state index contributed by atoms with van der Waals surface area (Å²) in [5, 5.41) is 18.1. The van der Waals surface area contributed by atoms with Crippen molar-refractivity contribution in [2.75, 3.05) is 37.8 Å². The van der Waals surface area contributed by atoms with Gasteiger partial charge in [0.05, 0.1) is 36.8 Å². The molecule has 0 unspecified atom stereocenters. The summed E-state index contributed by atoms with van der Waals surface area (Å²) >= 11 is 0. The molecule has 17 heteroatoms. The van der Waals surface area contributed by atoms with Gasteiger partial charge >= 0.3 is 5.97 Å². The number of hydrogen-bond acceptors (Lipinski definition) is 11. The third kappa shape index (κ3) is 10.3. The Bertz CT molecular complexity index is 914. The van der Waals surface area contributed by atoms with E-state index in [2.05, 4.69) is 20.9 Å². The lowest BCUT2D eigenvalue weighted by Crippen LogP contribution is -2.70. The zero-order chi connectivity index (χ0) is 28.3. The van der Waals surface area contributed by atoms with E-state index in [0.29, 0.717) is 6.42 Å². The predicted molar refractivity (Wildman–Crippen MR) is 143 cm³/mol. The molecule has 0 radical (unpaired) electrons. The van der Waals surface area contributed by atoms with Gasteiger partial charge in [0, 0.05) is 37.4 Å². The highest BCUT2D eigenvalue weighted by atomic mass is 33.1. The standard InChI is InChI=1S/C21H36N8O7S2/c22-12-6-37-38-7-14(19(34)35)28-18(33)13(2-1-3-26-20(24)25)29-21(9-36-10-21)8-27-17(32)11(4-15(12)30)5-16(23)31/h11-14,29H,1-10,22H2,(H2,23,31)(H,27,32)(H,28,33)(H,34,35)(H4,24,25,26)/t11-,12-,13-,14-/m0/s1. The van der Waals surface area contributed by atoms with E-state index >= 15 is 0 Å². The molecule has 2 rings (SSSR count). The topological polar surface area (TPSA) is 267 Å². The number of hydrogen-bond donors (Lipinski definition) is 8. The molecule has 0 saturated carbocycles. The smallest absolute Gasteiger partial charge is 0.327 e. The lowest BCUT2D eigenvalue weighted by atomic mass is 9.92. The number of guanidine groups is 1. The molecule has 2 heterocycles. The SMILES string of the molecule is NC(=O)C[C@@H]1CC(=O)[C@@H](N)CSSC[C@@H](C(=O)O)NC(=O)[C@H](CCCN=C(N)N)NC2(CNC1=O)COC2. The van der Waals surface area contributed by atoms with Gasteiger partial charge in [-0.2, -0.15) is 0 Å². The number of rotatable bonds is 7. The number of aliphatic imine (C=N–C) groups is 1. The summed E-state index contributed by atoms with van der Waals surface area (Å²) in [7, 11) is 2.31. The number of ether oxygens (including phenoxy) is 1. The molecule has 2 aliphatic heterocycles. The van der Waals surface area contributed by atoms with Crippen LogP contribution in [0, 0.1) is 5.92 Å². The van der Waals surface area contributed by atoms with Crippen molar-refractivity contribution in [2.24, 2.45) is 33.8 Å². The average Bonchev–Trinajstić information content (AvgIpc) is 2.81. The van der Waals surface area contributed by atoms with Crippen LogP contribution in [0.2, 0.25) is 0 Å². The van der Waals surface area contributed by atoms with Gasteiger partial charge in [0.1, 0.15) is 6.04 Å². The van der Waals surface area contributed by atoms with Crippen LogP contribution in [0.3, 0.4) is 0 Å². The van der Waals surface area contributed by atoms with Gasteiger partial charge in [-0.25, -0.2) is 4.79 Å². The summed E-state index contributed by atoms with van der Waals surface area (Å²) in [5.74, 6) is -4.41. The number of primary amides is 1. The van der Waals surface area contributed by atoms with Crippen LogP contribution in [0.1, 0.15) is 25.7 Å². The van der Waals surface area contributed by atoms with Crippen LogP contribution < -0.4 is 38.9 Å². The quantitative estimate of drug-likeness (QED) is 0.0637. The Morgan fingerprint density at radius 3 is 2.37 bits per heavy atom. The first-order valence-corrected chi connectivity index (χ1v) is 14.4. The van der Waals surface area contributed by atoms with Crippen molar-refractivity contribution in [3.8, 4) is 0 Å². The minimum Gasteiger partial charge on any atom is -0.480 e. The van der Waals surface area contributed by atoms with E-state index in [4.69, 9.17) is 27.7 Å².